The third-order valence-corrected chi connectivity index (χ3v) is 5.01. The van der Waals surface area contributed by atoms with Crippen molar-refractivity contribution in [1.82, 2.24) is 19.2 Å². The summed E-state index contributed by atoms with van der Waals surface area (Å²) in [5, 5.41) is 5.04. The number of pyridine rings is 1. The minimum Gasteiger partial charge on any atom is -0.331 e. The van der Waals surface area contributed by atoms with E-state index >= 15 is 0 Å². The zero-order chi connectivity index (χ0) is 17.6. The molecular formula is C19H20N4O2. The molecule has 25 heavy (non-hydrogen) atoms. The average Bonchev–Trinajstić information content (AvgIpc) is 3.26. The number of carbonyl (C=O) groups is 1. The molecule has 0 saturated carbocycles. The molecule has 1 atom stereocenters. The van der Waals surface area contributed by atoms with Crippen molar-refractivity contribution in [2.24, 2.45) is 14.1 Å². The fourth-order valence-corrected chi connectivity index (χ4v) is 3.71. The number of likely N-dealkylation sites (tertiary alicyclic amines) is 1. The van der Waals surface area contributed by atoms with Crippen LogP contribution in [0.1, 0.15) is 34.8 Å². The van der Waals surface area contributed by atoms with Crippen LogP contribution in [0.4, 0.5) is 0 Å². The first-order valence-corrected chi connectivity index (χ1v) is 8.44. The minimum atomic E-state index is -0.167. The number of aromatic nitrogens is 3. The Morgan fingerprint density at radius 1 is 1.24 bits per heavy atom. The van der Waals surface area contributed by atoms with E-state index in [2.05, 4.69) is 5.10 Å². The monoisotopic (exact) mass is 336 g/mol. The predicted molar refractivity (Wildman–Crippen MR) is 95.4 cm³/mol. The molecular weight excluding hydrogens is 316 g/mol. The van der Waals surface area contributed by atoms with E-state index in [9.17, 15) is 9.59 Å². The van der Waals surface area contributed by atoms with E-state index in [4.69, 9.17) is 0 Å². The Kier molecular flexibility index (Phi) is 3.67. The summed E-state index contributed by atoms with van der Waals surface area (Å²) in [6, 6.07) is 9.02. The van der Waals surface area contributed by atoms with Gasteiger partial charge in [-0.25, -0.2) is 0 Å². The number of para-hydroxylation sites is 1. The largest absolute Gasteiger partial charge is 0.331 e. The number of benzene rings is 1. The molecule has 6 nitrogen and oxygen atoms in total. The highest BCUT2D eigenvalue weighted by Gasteiger charge is 2.32. The molecule has 4 rings (SSSR count). The number of fused-ring (bicyclic) bond motifs is 1. The van der Waals surface area contributed by atoms with Gasteiger partial charge in [-0.15, -0.1) is 0 Å². The minimum absolute atomic E-state index is 0.0176. The first-order chi connectivity index (χ1) is 12.1. The van der Waals surface area contributed by atoms with Gasteiger partial charge < -0.3 is 9.47 Å². The number of aryl methyl sites for hydroxylation is 2. The van der Waals surface area contributed by atoms with Crippen LogP contribution in [0.5, 0.6) is 0 Å². The van der Waals surface area contributed by atoms with Crippen molar-refractivity contribution in [3.8, 4) is 0 Å². The lowest BCUT2D eigenvalue weighted by Gasteiger charge is -2.24. The number of hydrogen-bond donors (Lipinski definition) is 0. The zero-order valence-electron chi connectivity index (χ0n) is 14.3. The van der Waals surface area contributed by atoms with Crippen LogP contribution in [0.3, 0.4) is 0 Å². The molecule has 0 spiro atoms. The summed E-state index contributed by atoms with van der Waals surface area (Å²) >= 11 is 0. The van der Waals surface area contributed by atoms with E-state index in [1.165, 1.54) is 6.07 Å². The number of carbonyl (C=O) groups excluding carboxylic acids is 1. The second-order valence-corrected chi connectivity index (χ2v) is 6.58. The van der Waals surface area contributed by atoms with Crippen molar-refractivity contribution in [3.05, 3.63) is 64.2 Å². The first-order valence-electron chi connectivity index (χ1n) is 8.44. The zero-order valence-corrected chi connectivity index (χ0v) is 14.3. The van der Waals surface area contributed by atoms with Gasteiger partial charge in [0.1, 0.15) is 0 Å². The Balaban J connectivity index is 1.80. The summed E-state index contributed by atoms with van der Waals surface area (Å²) < 4.78 is 3.33. The summed E-state index contributed by atoms with van der Waals surface area (Å²) in [6.45, 7) is 0.696. The van der Waals surface area contributed by atoms with E-state index in [0.717, 1.165) is 29.3 Å². The lowest BCUT2D eigenvalue weighted by atomic mass is 10.1. The van der Waals surface area contributed by atoms with Gasteiger partial charge in [-0.2, -0.15) is 5.10 Å². The number of amides is 1. The van der Waals surface area contributed by atoms with Crippen LogP contribution >= 0.6 is 0 Å². The summed E-state index contributed by atoms with van der Waals surface area (Å²) in [7, 11) is 3.60. The molecule has 6 heteroatoms. The molecule has 1 amide bonds. The lowest BCUT2D eigenvalue weighted by molar-refractivity contribution is 0.0737. The Morgan fingerprint density at radius 3 is 2.80 bits per heavy atom. The van der Waals surface area contributed by atoms with Crippen molar-refractivity contribution in [1.29, 1.82) is 0 Å². The smallest absolute Gasteiger partial charge is 0.255 e. The highest BCUT2D eigenvalue weighted by Crippen LogP contribution is 2.33. The molecule has 3 heterocycles. The molecule has 1 aliphatic heterocycles. The Morgan fingerprint density at radius 2 is 2.04 bits per heavy atom. The molecule has 0 aliphatic carbocycles. The van der Waals surface area contributed by atoms with Gasteiger partial charge in [0.25, 0.3) is 11.5 Å². The fourth-order valence-electron chi connectivity index (χ4n) is 3.71. The van der Waals surface area contributed by atoms with E-state index in [1.807, 2.05) is 48.6 Å². The molecule has 1 unspecified atom stereocenters. The topological polar surface area (TPSA) is 60.1 Å². The SMILES string of the molecule is Cn1cc(C2CCCN2C(=O)c2cc(=O)n(C)c3ccccc23)cn1. The van der Waals surface area contributed by atoms with Crippen molar-refractivity contribution >= 4 is 16.8 Å². The first kappa shape index (κ1) is 15.6. The van der Waals surface area contributed by atoms with Gasteiger partial charge in [-0.3, -0.25) is 14.3 Å². The van der Waals surface area contributed by atoms with Crippen molar-refractivity contribution < 1.29 is 4.79 Å². The molecule has 128 valence electrons. The maximum Gasteiger partial charge on any atom is 0.255 e. The Bertz CT molecular complexity index is 1020. The summed E-state index contributed by atoms with van der Waals surface area (Å²) in [5.74, 6) is -0.0831. The Hall–Kier alpha value is -2.89. The van der Waals surface area contributed by atoms with Crippen LogP contribution in [-0.2, 0) is 14.1 Å². The van der Waals surface area contributed by atoms with E-state index in [1.54, 1.807) is 16.3 Å². The van der Waals surface area contributed by atoms with Crippen LogP contribution in [0.2, 0.25) is 0 Å². The lowest BCUT2D eigenvalue weighted by Crippen LogP contribution is -2.32. The van der Waals surface area contributed by atoms with E-state index in [-0.39, 0.29) is 17.5 Å². The normalized spacial score (nSPS) is 17.4. The van der Waals surface area contributed by atoms with Crippen molar-refractivity contribution in [2.45, 2.75) is 18.9 Å². The average molecular weight is 336 g/mol. The molecule has 1 saturated heterocycles. The van der Waals surface area contributed by atoms with Gasteiger partial charge in [0.15, 0.2) is 0 Å². The van der Waals surface area contributed by atoms with E-state index < -0.39 is 0 Å². The van der Waals surface area contributed by atoms with Crippen LogP contribution in [-0.4, -0.2) is 31.7 Å². The molecule has 1 fully saturated rings. The van der Waals surface area contributed by atoms with Gasteiger partial charge in [-0.05, 0) is 18.9 Å². The second kappa shape index (κ2) is 5.88. The van der Waals surface area contributed by atoms with E-state index in [0.29, 0.717) is 12.1 Å². The number of hydrogen-bond acceptors (Lipinski definition) is 3. The fraction of sp³-hybridized carbons (Fsp3) is 0.316. The van der Waals surface area contributed by atoms with Gasteiger partial charge in [0.05, 0.1) is 23.3 Å². The third-order valence-electron chi connectivity index (χ3n) is 5.01. The van der Waals surface area contributed by atoms with Gasteiger partial charge in [0.2, 0.25) is 0 Å². The van der Waals surface area contributed by atoms with Crippen molar-refractivity contribution in [3.63, 3.8) is 0 Å². The molecule has 0 bridgehead atoms. The van der Waals surface area contributed by atoms with Crippen LogP contribution < -0.4 is 5.56 Å². The third kappa shape index (κ3) is 2.54. The van der Waals surface area contributed by atoms with Gasteiger partial charge in [0, 0.05) is 43.9 Å². The van der Waals surface area contributed by atoms with Gasteiger partial charge >= 0.3 is 0 Å². The highest BCUT2D eigenvalue weighted by molar-refractivity contribution is 6.06. The van der Waals surface area contributed by atoms with Crippen LogP contribution in [0.15, 0.2) is 47.5 Å². The van der Waals surface area contributed by atoms with Gasteiger partial charge in [-0.1, -0.05) is 18.2 Å². The van der Waals surface area contributed by atoms with Crippen LogP contribution in [0, 0.1) is 0 Å². The maximum absolute atomic E-state index is 13.3. The van der Waals surface area contributed by atoms with Crippen LogP contribution in [0.25, 0.3) is 10.9 Å². The molecule has 2 aromatic heterocycles. The summed E-state index contributed by atoms with van der Waals surface area (Å²) in [6.07, 6.45) is 5.64. The Labute approximate surface area is 145 Å². The number of rotatable bonds is 2. The molecule has 1 aliphatic rings. The summed E-state index contributed by atoms with van der Waals surface area (Å²) in [5.41, 5.74) is 2.13. The predicted octanol–water partition coefficient (Wildman–Crippen LogP) is 2.25. The standard InChI is InChI=1S/C19H20N4O2/c1-21-12-13(11-20-21)16-8-5-9-23(16)19(25)15-10-18(24)22(2)17-7-4-3-6-14(15)17/h3-4,6-7,10-12,16H,5,8-9H2,1-2H3. The molecule has 1 aromatic carbocycles. The molecule has 0 radical (unpaired) electrons. The quantitative estimate of drug-likeness (QED) is 0.721. The highest BCUT2D eigenvalue weighted by atomic mass is 16.2. The maximum atomic E-state index is 13.3. The second-order valence-electron chi connectivity index (χ2n) is 6.58. The summed E-state index contributed by atoms with van der Waals surface area (Å²) in [4.78, 5) is 27.4. The number of nitrogens with zero attached hydrogens (tertiary/aromatic N) is 4. The molecule has 0 N–H and O–H groups in total. The molecule has 3 aromatic rings. The van der Waals surface area contributed by atoms with Crippen molar-refractivity contribution in [2.75, 3.05) is 6.54 Å².